The lowest BCUT2D eigenvalue weighted by Gasteiger charge is -2.49. The van der Waals surface area contributed by atoms with Gasteiger partial charge in [0.05, 0.1) is 30.0 Å². The maximum Gasteiger partial charge on any atom is 0.420 e. The molecule has 0 spiro atoms. The maximum absolute atomic E-state index is 15.0. The third kappa shape index (κ3) is 12.2. The predicted molar refractivity (Wildman–Crippen MR) is 260 cm³/mol. The van der Waals surface area contributed by atoms with Gasteiger partial charge in [-0.3, -0.25) is 14.4 Å². The zero-order valence-electron chi connectivity index (χ0n) is 41.6. The molecular weight excluding hydrogens is 861 g/mol. The van der Waals surface area contributed by atoms with Gasteiger partial charge in [0.2, 0.25) is 0 Å². The third-order valence-corrected chi connectivity index (χ3v) is 14.7. The lowest BCUT2D eigenvalue weighted by Crippen LogP contribution is -2.58. The first-order chi connectivity index (χ1) is 32.3. The number of carbonyl (C=O) groups excluding carboxylic acids is 5. The topological polar surface area (TPSA) is 149 Å². The lowest BCUT2D eigenvalue weighted by atomic mass is 9.71. The van der Waals surface area contributed by atoms with Crippen LogP contribution in [-0.4, -0.2) is 81.4 Å². The molecule has 1 unspecified atom stereocenters. The van der Waals surface area contributed by atoms with Crippen LogP contribution in [0.5, 0.6) is 0 Å². The monoisotopic (exact) mass is 933 g/mol. The van der Waals surface area contributed by atoms with Crippen LogP contribution in [0.2, 0.25) is 0 Å². The first-order valence-electron chi connectivity index (χ1n) is 24.5. The molecule has 1 aromatic carbocycles. The number of ketones is 2. The Morgan fingerprint density at radius 3 is 2.44 bits per heavy atom. The van der Waals surface area contributed by atoms with Crippen LogP contribution < -0.4 is 0 Å². The molecule has 1 aromatic heterocycles. The van der Waals surface area contributed by atoms with E-state index in [1.54, 1.807) is 52.0 Å². The van der Waals surface area contributed by atoms with Crippen molar-refractivity contribution >= 4 is 29.6 Å². The highest BCUT2D eigenvalue weighted by Gasteiger charge is 2.52. The van der Waals surface area contributed by atoms with Crippen LogP contribution in [0.1, 0.15) is 118 Å². The number of imidazole rings is 1. The largest absolute Gasteiger partial charge is 0.457 e. The number of benzene rings is 1. The van der Waals surface area contributed by atoms with Crippen molar-refractivity contribution < 1.29 is 47.7 Å². The second-order valence-electron chi connectivity index (χ2n) is 20.0. The van der Waals surface area contributed by atoms with E-state index in [9.17, 15) is 24.0 Å². The first-order valence-corrected chi connectivity index (χ1v) is 24.5. The van der Waals surface area contributed by atoms with E-state index < -0.39 is 77.2 Å². The van der Waals surface area contributed by atoms with Crippen LogP contribution >= 0.6 is 0 Å². The van der Waals surface area contributed by atoms with Crippen molar-refractivity contribution in [3.8, 4) is 0 Å². The number of carbonyl (C=O) groups is 5. The highest BCUT2D eigenvalue weighted by Crippen LogP contribution is 2.43. The fourth-order valence-electron chi connectivity index (χ4n) is 10.6. The summed E-state index contributed by atoms with van der Waals surface area (Å²) in [5.74, 6) is -4.72. The molecule has 13 atom stereocenters. The molecule has 0 radical (unpaired) electrons. The second kappa shape index (κ2) is 22.8. The number of nitrogens with zero attached hydrogens (tertiary/aromatic N) is 2. The molecule has 12 heteroatoms. The Morgan fingerprint density at radius 1 is 0.985 bits per heavy atom. The lowest BCUT2D eigenvalue weighted by molar-refractivity contribution is -0.219. The standard InChI is InChI=1S/C56H72N2O10/c1-11-46-55(9,68-54(63)58-28-27-57-34-58)32-37(4)47(59)38(5)33-56(10,64-29-19-21-42-20-15-16-22-43-23-17-18-26-45(43)31-42)51(40(7)48(60)41(8)52(61)65-46)66-50-39(6)35(2)30-36(3)49(50)67-53(62)44-24-13-12-14-25-44/h12-14,17-21,23-28,31-32,34-36,38-41,43,46,49-51H,11,15-16,22,29-30,33H2,1-10H3/b21-19+,37-32+,42-20?,45-31-/t35-,36+,38-,39-,40+,41-,43?,46-,49-,50-,51-,55+,56-/m1/s1. The Kier molecular flexibility index (Phi) is 17.4. The van der Waals surface area contributed by atoms with Gasteiger partial charge in [0, 0.05) is 30.1 Å². The van der Waals surface area contributed by atoms with Gasteiger partial charge in [-0.05, 0) is 119 Å². The van der Waals surface area contributed by atoms with E-state index in [0.29, 0.717) is 11.5 Å². The number of allylic oxidation sites excluding steroid dienone is 10. The molecule has 2 aromatic rings. The number of hydrogen-bond donors (Lipinski definition) is 0. The molecule has 2 heterocycles. The Hall–Kier alpha value is -5.46. The Labute approximate surface area is 402 Å². The number of cyclic esters (lactones) is 1. The summed E-state index contributed by atoms with van der Waals surface area (Å²) in [5.41, 5.74) is 0.0279. The van der Waals surface area contributed by atoms with Crippen molar-refractivity contribution in [2.45, 2.75) is 143 Å². The maximum atomic E-state index is 15.0. The molecule has 0 bridgehead atoms. The summed E-state index contributed by atoms with van der Waals surface area (Å²) in [6, 6.07) is 8.83. The minimum Gasteiger partial charge on any atom is -0.457 e. The molecule has 0 amide bonds. The quantitative estimate of drug-likeness (QED) is 0.127. The van der Waals surface area contributed by atoms with E-state index in [-0.39, 0.29) is 48.6 Å². The smallest absolute Gasteiger partial charge is 0.420 e. The molecule has 6 rings (SSSR count). The van der Waals surface area contributed by atoms with Crippen molar-refractivity contribution in [3.63, 3.8) is 0 Å². The molecule has 12 nitrogen and oxygen atoms in total. The van der Waals surface area contributed by atoms with Crippen LogP contribution in [0.3, 0.4) is 0 Å². The molecule has 4 aliphatic rings. The van der Waals surface area contributed by atoms with Gasteiger partial charge in [0.25, 0.3) is 0 Å². The summed E-state index contributed by atoms with van der Waals surface area (Å²) in [5, 5.41) is 0. The van der Waals surface area contributed by atoms with Gasteiger partial charge in [-0.15, -0.1) is 0 Å². The van der Waals surface area contributed by atoms with Crippen molar-refractivity contribution in [1.82, 2.24) is 9.55 Å². The highest BCUT2D eigenvalue weighted by atomic mass is 16.6. The van der Waals surface area contributed by atoms with Crippen molar-refractivity contribution in [2.75, 3.05) is 6.61 Å². The number of aromatic nitrogens is 2. The molecule has 0 N–H and O–H groups in total. The molecule has 0 saturated heterocycles. The minimum atomic E-state index is -1.62. The first kappa shape index (κ1) is 51.9. The summed E-state index contributed by atoms with van der Waals surface area (Å²) >= 11 is 0. The number of rotatable bonds is 10. The molecule has 1 aliphatic heterocycles. The van der Waals surface area contributed by atoms with Crippen LogP contribution in [0.25, 0.3) is 0 Å². The molecular formula is C56H72N2O10. The summed E-state index contributed by atoms with van der Waals surface area (Å²) in [6.07, 6.45) is 22.5. The van der Waals surface area contributed by atoms with Gasteiger partial charge in [0.1, 0.15) is 24.5 Å². The average molecular weight is 933 g/mol. The van der Waals surface area contributed by atoms with Gasteiger partial charge in [-0.2, -0.15) is 0 Å². The van der Waals surface area contributed by atoms with E-state index in [2.05, 4.69) is 55.3 Å². The van der Waals surface area contributed by atoms with Crippen LogP contribution in [0.4, 0.5) is 4.79 Å². The number of fused-ring (bicyclic) bond motifs is 1. The number of Topliss-reactive ketones (excluding diaryl/α,β-unsaturated/α-hetero) is 2. The number of hydrogen-bond acceptors (Lipinski definition) is 11. The van der Waals surface area contributed by atoms with Crippen molar-refractivity contribution in [1.29, 1.82) is 0 Å². The van der Waals surface area contributed by atoms with Gasteiger partial charge in [-0.1, -0.05) is 108 Å². The molecule has 366 valence electrons. The number of esters is 2. The summed E-state index contributed by atoms with van der Waals surface area (Å²) < 4.78 is 34.1. The van der Waals surface area contributed by atoms with E-state index in [4.69, 9.17) is 23.7 Å². The van der Waals surface area contributed by atoms with Crippen LogP contribution in [-0.2, 0) is 38.1 Å². The Bertz CT molecular complexity index is 2310. The normalized spacial score (nSPS) is 35.6. The van der Waals surface area contributed by atoms with Gasteiger partial charge in [0.15, 0.2) is 17.2 Å². The molecule has 1 fully saturated rings. The zero-order valence-corrected chi connectivity index (χ0v) is 41.6. The highest BCUT2D eigenvalue weighted by molar-refractivity contribution is 6.00. The SMILES string of the molecule is CC[C@H]1OC(=O)[C@H](C)C(=O)[C@H](C)[C@@H](O[C@@H]2[C@H](C)[C@H](C)C[C@H](C)[C@H]2OC(=O)c2ccccc2)[C@](C)(OC/C=C/C2=CCCCC3C=CC=C/C3=C/2)C[C@@H](C)C(=O)/C(C)=C/[C@]1(C)OC(=O)n1ccnc1. The summed E-state index contributed by atoms with van der Waals surface area (Å²) in [4.78, 5) is 75.1. The van der Waals surface area contributed by atoms with Crippen LogP contribution in [0, 0.1) is 41.4 Å². The van der Waals surface area contributed by atoms with Gasteiger partial charge >= 0.3 is 18.0 Å². The minimum absolute atomic E-state index is 0.0982. The van der Waals surface area contributed by atoms with Crippen LogP contribution in [0.15, 0.2) is 120 Å². The third-order valence-electron chi connectivity index (χ3n) is 14.7. The van der Waals surface area contributed by atoms with Gasteiger partial charge in [-0.25, -0.2) is 19.1 Å². The van der Waals surface area contributed by atoms with Crippen molar-refractivity contribution in [2.24, 2.45) is 41.4 Å². The predicted octanol–water partition coefficient (Wildman–Crippen LogP) is 10.7. The molecule has 3 aliphatic carbocycles. The second-order valence-corrected chi connectivity index (χ2v) is 20.0. The summed E-state index contributed by atoms with van der Waals surface area (Å²) in [7, 11) is 0. The fourth-order valence-corrected chi connectivity index (χ4v) is 10.6. The van der Waals surface area contributed by atoms with E-state index in [0.717, 1.165) is 35.8 Å². The van der Waals surface area contributed by atoms with Gasteiger partial charge < -0.3 is 23.7 Å². The molecule has 1 saturated carbocycles. The fraction of sp³-hybridized carbons (Fsp3) is 0.536. The summed E-state index contributed by atoms with van der Waals surface area (Å²) in [6.45, 7) is 18.3. The Balaban J connectivity index is 1.42. The van der Waals surface area contributed by atoms with E-state index in [1.807, 2.05) is 39.0 Å². The molecule has 68 heavy (non-hydrogen) atoms. The van der Waals surface area contributed by atoms with E-state index >= 15 is 0 Å². The van der Waals surface area contributed by atoms with Crippen molar-refractivity contribution in [3.05, 3.63) is 126 Å². The average Bonchev–Trinajstić information content (AvgIpc) is 3.86. The number of ether oxygens (including phenoxy) is 5. The Morgan fingerprint density at radius 2 is 1.74 bits per heavy atom. The van der Waals surface area contributed by atoms with E-state index in [1.165, 1.54) is 37.3 Å². The zero-order chi connectivity index (χ0) is 49.3.